The predicted octanol–water partition coefficient (Wildman–Crippen LogP) is 1.40. The number of guanidine groups is 1. The highest BCUT2D eigenvalue weighted by atomic mass is 16.5. The Morgan fingerprint density at radius 2 is 1.95 bits per heavy atom. The van der Waals surface area contributed by atoms with Crippen molar-refractivity contribution in [2.24, 2.45) is 10.9 Å². The maximum absolute atomic E-state index is 5.21. The van der Waals surface area contributed by atoms with Gasteiger partial charge in [0, 0.05) is 52.9 Å². The third-order valence-electron chi connectivity index (χ3n) is 4.62. The fourth-order valence-electron chi connectivity index (χ4n) is 2.99. The second kappa shape index (κ2) is 8.59. The molecule has 1 heterocycles. The standard InChI is InChI=1S/C16H32N4O/c1-14-6-9-20(10-7-14)16(17-2)18-8-11-19(12-13-21-3)15-4-5-15/h14-15H,4-13H2,1-3H3,(H,17,18). The van der Waals surface area contributed by atoms with E-state index in [1.54, 1.807) is 7.11 Å². The van der Waals surface area contributed by atoms with Crippen molar-refractivity contribution in [3.63, 3.8) is 0 Å². The largest absolute Gasteiger partial charge is 0.383 e. The summed E-state index contributed by atoms with van der Waals surface area (Å²) in [6.07, 6.45) is 5.26. The Morgan fingerprint density at radius 1 is 1.24 bits per heavy atom. The summed E-state index contributed by atoms with van der Waals surface area (Å²) in [7, 11) is 3.67. The second-order valence-corrected chi connectivity index (χ2v) is 6.40. The van der Waals surface area contributed by atoms with Gasteiger partial charge in [0.05, 0.1) is 6.61 Å². The van der Waals surface area contributed by atoms with Crippen molar-refractivity contribution >= 4 is 5.96 Å². The number of ether oxygens (including phenoxy) is 1. The van der Waals surface area contributed by atoms with Crippen molar-refractivity contribution in [1.82, 2.24) is 15.1 Å². The van der Waals surface area contributed by atoms with Crippen LogP contribution < -0.4 is 5.32 Å². The van der Waals surface area contributed by atoms with Gasteiger partial charge in [-0.05, 0) is 31.6 Å². The molecule has 0 amide bonds. The van der Waals surface area contributed by atoms with Crippen LogP contribution in [-0.4, -0.2) is 75.3 Å². The molecule has 1 saturated carbocycles. The van der Waals surface area contributed by atoms with Crippen LogP contribution in [0.1, 0.15) is 32.6 Å². The number of likely N-dealkylation sites (tertiary alicyclic amines) is 1. The molecule has 1 N–H and O–H groups in total. The van der Waals surface area contributed by atoms with Crippen LogP contribution in [0.4, 0.5) is 0 Å². The third-order valence-corrected chi connectivity index (χ3v) is 4.62. The Bertz CT molecular complexity index is 322. The Morgan fingerprint density at radius 3 is 2.52 bits per heavy atom. The summed E-state index contributed by atoms with van der Waals surface area (Å²) in [5.74, 6) is 1.93. The van der Waals surface area contributed by atoms with Crippen molar-refractivity contribution in [3.8, 4) is 0 Å². The number of hydrogen-bond acceptors (Lipinski definition) is 3. The Labute approximate surface area is 129 Å². The van der Waals surface area contributed by atoms with Crippen LogP contribution >= 0.6 is 0 Å². The van der Waals surface area contributed by atoms with Crippen molar-refractivity contribution in [2.75, 3.05) is 53.5 Å². The lowest BCUT2D eigenvalue weighted by Crippen LogP contribution is -2.47. The fourth-order valence-corrected chi connectivity index (χ4v) is 2.99. The van der Waals surface area contributed by atoms with Gasteiger partial charge >= 0.3 is 0 Å². The van der Waals surface area contributed by atoms with E-state index in [2.05, 4.69) is 27.0 Å². The number of rotatable bonds is 7. The van der Waals surface area contributed by atoms with Crippen LogP contribution in [0.5, 0.6) is 0 Å². The molecular weight excluding hydrogens is 264 g/mol. The van der Waals surface area contributed by atoms with E-state index in [0.29, 0.717) is 0 Å². The zero-order chi connectivity index (χ0) is 15.1. The first-order valence-corrected chi connectivity index (χ1v) is 8.43. The first-order chi connectivity index (χ1) is 10.2. The molecular formula is C16H32N4O. The summed E-state index contributed by atoms with van der Waals surface area (Å²) in [4.78, 5) is 9.39. The molecule has 0 aromatic carbocycles. The number of hydrogen-bond donors (Lipinski definition) is 1. The highest BCUT2D eigenvalue weighted by molar-refractivity contribution is 5.79. The smallest absolute Gasteiger partial charge is 0.193 e. The molecule has 2 rings (SSSR count). The van der Waals surface area contributed by atoms with Gasteiger partial charge in [0.25, 0.3) is 0 Å². The van der Waals surface area contributed by atoms with E-state index < -0.39 is 0 Å². The maximum Gasteiger partial charge on any atom is 0.193 e. The van der Waals surface area contributed by atoms with Gasteiger partial charge in [0.1, 0.15) is 0 Å². The molecule has 0 aromatic heterocycles. The van der Waals surface area contributed by atoms with E-state index in [-0.39, 0.29) is 0 Å². The molecule has 1 aliphatic carbocycles. The van der Waals surface area contributed by atoms with Crippen LogP contribution in [0.2, 0.25) is 0 Å². The van der Waals surface area contributed by atoms with Crippen molar-refractivity contribution in [2.45, 2.75) is 38.6 Å². The number of nitrogens with zero attached hydrogens (tertiary/aromatic N) is 3. The van der Waals surface area contributed by atoms with E-state index >= 15 is 0 Å². The zero-order valence-electron chi connectivity index (χ0n) is 14.0. The maximum atomic E-state index is 5.21. The highest BCUT2D eigenvalue weighted by Crippen LogP contribution is 2.26. The van der Waals surface area contributed by atoms with E-state index in [0.717, 1.165) is 57.2 Å². The van der Waals surface area contributed by atoms with Gasteiger partial charge in [-0.3, -0.25) is 9.89 Å². The molecule has 1 saturated heterocycles. The summed E-state index contributed by atoms with van der Waals surface area (Å²) < 4.78 is 5.21. The van der Waals surface area contributed by atoms with Gasteiger partial charge in [-0.1, -0.05) is 6.92 Å². The summed E-state index contributed by atoms with van der Waals surface area (Å²) in [6, 6.07) is 0.791. The van der Waals surface area contributed by atoms with E-state index in [4.69, 9.17) is 4.74 Å². The summed E-state index contributed by atoms with van der Waals surface area (Å²) >= 11 is 0. The van der Waals surface area contributed by atoms with E-state index in [1.165, 1.54) is 25.7 Å². The first-order valence-electron chi connectivity index (χ1n) is 8.43. The van der Waals surface area contributed by atoms with Gasteiger partial charge in [0.15, 0.2) is 5.96 Å². The van der Waals surface area contributed by atoms with Crippen LogP contribution in [0, 0.1) is 5.92 Å². The molecule has 5 nitrogen and oxygen atoms in total. The lowest BCUT2D eigenvalue weighted by atomic mass is 10.00. The molecule has 0 aromatic rings. The Kier molecular flexibility index (Phi) is 6.77. The summed E-state index contributed by atoms with van der Waals surface area (Å²) in [5.41, 5.74) is 0. The van der Waals surface area contributed by atoms with Crippen molar-refractivity contribution < 1.29 is 4.74 Å². The minimum Gasteiger partial charge on any atom is -0.383 e. The number of piperidine rings is 1. The van der Waals surface area contributed by atoms with Crippen molar-refractivity contribution in [3.05, 3.63) is 0 Å². The molecule has 2 fully saturated rings. The average Bonchev–Trinajstić information content (AvgIpc) is 3.33. The molecule has 0 atom stereocenters. The van der Waals surface area contributed by atoms with Gasteiger partial charge < -0.3 is 15.0 Å². The van der Waals surface area contributed by atoms with Crippen LogP contribution in [0.25, 0.3) is 0 Å². The van der Waals surface area contributed by atoms with Crippen LogP contribution in [-0.2, 0) is 4.74 Å². The Hall–Kier alpha value is -0.810. The van der Waals surface area contributed by atoms with Gasteiger partial charge in [-0.15, -0.1) is 0 Å². The highest BCUT2D eigenvalue weighted by Gasteiger charge is 2.28. The molecule has 0 radical (unpaired) electrons. The zero-order valence-corrected chi connectivity index (χ0v) is 14.0. The summed E-state index contributed by atoms with van der Waals surface area (Å²) in [5, 5.41) is 3.54. The molecule has 0 unspecified atom stereocenters. The Balaban J connectivity index is 1.70. The number of aliphatic imine (C=N–C) groups is 1. The molecule has 21 heavy (non-hydrogen) atoms. The quantitative estimate of drug-likeness (QED) is 0.569. The predicted molar refractivity (Wildman–Crippen MR) is 87.8 cm³/mol. The van der Waals surface area contributed by atoms with Crippen LogP contribution in [0.15, 0.2) is 4.99 Å². The first kappa shape index (κ1) is 16.6. The number of nitrogens with one attached hydrogen (secondary N) is 1. The second-order valence-electron chi connectivity index (χ2n) is 6.40. The minimum atomic E-state index is 0.791. The monoisotopic (exact) mass is 296 g/mol. The SMILES string of the molecule is CN=C(NCCN(CCOC)C1CC1)N1CCC(C)CC1. The minimum absolute atomic E-state index is 0.791. The van der Waals surface area contributed by atoms with Gasteiger partial charge in [-0.2, -0.15) is 0 Å². The molecule has 2 aliphatic rings. The fraction of sp³-hybridized carbons (Fsp3) is 0.938. The lowest BCUT2D eigenvalue weighted by molar-refractivity contribution is 0.144. The van der Waals surface area contributed by atoms with Gasteiger partial charge in [0.2, 0.25) is 0 Å². The topological polar surface area (TPSA) is 40.1 Å². The molecule has 122 valence electrons. The molecule has 0 spiro atoms. The number of methoxy groups -OCH3 is 1. The van der Waals surface area contributed by atoms with Crippen molar-refractivity contribution in [1.29, 1.82) is 0 Å². The molecule has 1 aliphatic heterocycles. The molecule has 5 heteroatoms. The van der Waals surface area contributed by atoms with Gasteiger partial charge in [-0.25, -0.2) is 0 Å². The van der Waals surface area contributed by atoms with Crippen LogP contribution in [0.3, 0.4) is 0 Å². The third kappa shape index (κ3) is 5.47. The van der Waals surface area contributed by atoms with E-state index in [9.17, 15) is 0 Å². The summed E-state index contributed by atoms with van der Waals surface area (Å²) in [6.45, 7) is 8.54. The normalized spacial score (nSPS) is 21.1. The average molecular weight is 296 g/mol. The molecule has 0 bridgehead atoms. The lowest BCUT2D eigenvalue weighted by Gasteiger charge is -2.33. The van der Waals surface area contributed by atoms with E-state index in [1.807, 2.05) is 7.05 Å².